The summed E-state index contributed by atoms with van der Waals surface area (Å²) in [7, 11) is 5.94. The highest BCUT2D eigenvalue weighted by Gasteiger charge is 2.37. The molecule has 3 aromatic carbocycles. The third-order valence-corrected chi connectivity index (χ3v) is 9.92. The molecule has 0 saturated carbocycles. The average Bonchev–Trinajstić information content (AvgIpc) is 3.17. The summed E-state index contributed by atoms with van der Waals surface area (Å²) in [5, 5.41) is 10.9. The van der Waals surface area contributed by atoms with Gasteiger partial charge >= 0.3 is 0 Å². The van der Waals surface area contributed by atoms with Gasteiger partial charge in [-0.1, -0.05) is 30.3 Å². The second-order valence-corrected chi connectivity index (χ2v) is 13.9. The molecule has 3 heterocycles. The summed E-state index contributed by atoms with van der Waals surface area (Å²) in [6, 6.07) is 12.3. The number of carbonyl (C=O) groups excluding carboxylic acids is 6. The Morgan fingerprint density at radius 2 is 1.24 bits per heavy atom. The molecular weight excluding hydrogens is 708 g/mol. The molecule has 55 heavy (non-hydrogen) atoms. The molecule has 4 N–H and O–H groups in total. The lowest BCUT2D eigenvalue weighted by molar-refractivity contribution is -0.144. The van der Waals surface area contributed by atoms with Gasteiger partial charge in [0.1, 0.15) is 47.8 Å². The fraction of sp³-hybridized carbons (Fsp3) is 0.400. The van der Waals surface area contributed by atoms with Crippen LogP contribution in [-0.4, -0.2) is 110 Å². The second-order valence-electron chi connectivity index (χ2n) is 13.9. The summed E-state index contributed by atoms with van der Waals surface area (Å²) >= 11 is 0. The number of fused-ring (bicyclic) bond motifs is 2. The fourth-order valence-corrected chi connectivity index (χ4v) is 6.51. The van der Waals surface area contributed by atoms with Crippen LogP contribution < -0.4 is 35.5 Å². The van der Waals surface area contributed by atoms with Gasteiger partial charge in [0, 0.05) is 33.4 Å². The molecule has 6 amide bonds. The molecule has 6 atom stereocenters. The molecule has 0 radical (unpaired) electrons. The lowest BCUT2D eigenvalue weighted by Crippen LogP contribution is -2.61. The van der Waals surface area contributed by atoms with Crippen molar-refractivity contribution in [2.24, 2.45) is 0 Å². The number of carbonyl (C=O) groups is 6. The van der Waals surface area contributed by atoms with Gasteiger partial charge in [-0.3, -0.25) is 28.8 Å². The third-order valence-electron chi connectivity index (χ3n) is 9.92. The molecule has 3 aliphatic heterocycles. The van der Waals surface area contributed by atoms with Crippen LogP contribution in [-0.2, 0) is 48.0 Å². The molecule has 3 aliphatic rings. The quantitative estimate of drug-likeness (QED) is 0.307. The Labute approximate surface area is 320 Å². The van der Waals surface area contributed by atoms with Crippen molar-refractivity contribution in [2.45, 2.75) is 76.3 Å². The number of rotatable bonds is 4. The zero-order chi connectivity index (χ0) is 40.0. The number of likely N-dealkylation sites (N-methyl/N-ethyl adjacent to an activating group) is 2. The van der Waals surface area contributed by atoms with E-state index in [1.165, 1.54) is 58.9 Å². The van der Waals surface area contributed by atoms with E-state index in [0.717, 1.165) is 0 Å². The first kappa shape index (κ1) is 40.1. The van der Waals surface area contributed by atoms with Crippen LogP contribution in [0.5, 0.6) is 23.0 Å². The molecule has 15 nitrogen and oxygen atoms in total. The van der Waals surface area contributed by atoms with Gasteiger partial charge in [0.2, 0.25) is 35.4 Å². The minimum Gasteiger partial charge on any atom is -0.497 e. The molecule has 0 aromatic heterocycles. The van der Waals surface area contributed by atoms with E-state index in [1.807, 2.05) is 0 Å². The molecule has 6 rings (SSSR count). The van der Waals surface area contributed by atoms with Gasteiger partial charge in [-0.25, -0.2) is 0 Å². The highest BCUT2D eigenvalue weighted by atomic mass is 16.5. The Kier molecular flexibility index (Phi) is 12.6. The van der Waals surface area contributed by atoms with Crippen LogP contribution in [0.4, 0.5) is 0 Å². The molecule has 0 spiro atoms. The molecule has 6 bridgehead atoms. The van der Waals surface area contributed by atoms with Gasteiger partial charge in [-0.2, -0.15) is 0 Å². The van der Waals surface area contributed by atoms with Crippen LogP contribution >= 0.6 is 0 Å². The lowest BCUT2D eigenvalue weighted by Gasteiger charge is -2.34. The van der Waals surface area contributed by atoms with E-state index in [4.69, 9.17) is 14.2 Å². The van der Waals surface area contributed by atoms with Crippen molar-refractivity contribution in [1.82, 2.24) is 31.1 Å². The van der Waals surface area contributed by atoms with Crippen LogP contribution in [0.15, 0.2) is 66.7 Å². The van der Waals surface area contributed by atoms with Gasteiger partial charge < -0.3 is 45.3 Å². The van der Waals surface area contributed by atoms with Crippen LogP contribution in [0.2, 0.25) is 0 Å². The van der Waals surface area contributed by atoms with Crippen molar-refractivity contribution in [2.75, 3.05) is 28.3 Å². The van der Waals surface area contributed by atoms with Crippen LogP contribution in [0.3, 0.4) is 0 Å². The first-order valence-electron chi connectivity index (χ1n) is 18.0. The monoisotopic (exact) mass is 756 g/mol. The van der Waals surface area contributed by atoms with Gasteiger partial charge in [-0.05, 0) is 73.9 Å². The maximum Gasteiger partial charge on any atom is 0.245 e. The van der Waals surface area contributed by atoms with Crippen molar-refractivity contribution in [3.63, 3.8) is 0 Å². The zero-order valence-corrected chi connectivity index (χ0v) is 32.0. The number of amides is 6. The molecule has 3 aromatic rings. The molecule has 1 saturated heterocycles. The molecule has 15 heteroatoms. The van der Waals surface area contributed by atoms with Crippen molar-refractivity contribution >= 4 is 35.4 Å². The third kappa shape index (κ3) is 9.52. The van der Waals surface area contributed by atoms with E-state index in [0.29, 0.717) is 39.7 Å². The number of hydrogen-bond acceptors (Lipinski definition) is 9. The van der Waals surface area contributed by atoms with Crippen LogP contribution in [0.1, 0.15) is 37.5 Å². The summed E-state index contributed by atoms with van der Waals surface area (Å²) in [6.45, 7) is 4.41. The predicted octanol–water partition coefficient (Wildman–Crippen LogP) is 1.50. The van der Waals surface area contributed by atoms with Crippen molar-refractivity contribution in [3.05, 3.63) is 83.4 Å². The first-order chi connectivity index (χ1) is 26.2. The average molecular weight is 757 g/mol. The van der Waals surface area contributed by atoms with E-state index >= 15 is 0 Å². The Hall–Kier alpha value is -6.12. The Bertz CT molecular complexity index is 1920. The standard InChI is InChI=1S/C40H48N6O9/c1-22-35(47)43-24(3)39(51)45(4)31(19-26-8-13-28(53-6)14-9-26)37(49)42-23(2)36(48)44-30-18-25-10-15-29(16-11-25)55-34-21-27(12-17-33(34)54-7)20-32(38(50)41-22)46(5)40(30)52/h8-17,21-24,30-32H,18-20H2,1-7H3,(H,41,50)(H,42,49)(H,43,47)(H,44,48)/t22-,23+,24+,30+,31+,32+/m1/s1. The number of benzene rings is 3. The topological polar surface area (TPSA) is 185 Å². The molecule has 0 unspecified atom stereocenters. The summed E-state index contributed by atoms with van der Waals surface area (Å²) < 4.78 is 16.9. The largest absolute Gasteiger partial charge is 0.497 e. The van der Waals surface area contributed by atoms with Crippen LogP contribution in [0.25, 0.3) is 0 Å². The van der Waals surface area contributed by atoms with Gasteiger partial charge in [0.05, 0.1) is 14.2 Å². The minimum absolute atomic E-state index is 0.00272. The highest BCUT2D eigenvalue weighted by Crippen LogP contribution is 2.33. The fourth-order valence-electron chi connectivity index (χ4n) is 6.51. The van der Waals surface area contributed by atoms with E-state index in [2.05, 4.69) is 21.3 Å². The number of ether oxygens (including phenoxy) is 3. The normalized spacial score (nSPS) is 24.3. The first-order valence-corrected chi connectivity index (χ1v) is 18.0. The summed E-state index contributed by atoms with van der Waals surface area (Å²) in [6.07, 6.45) is 0.109. The molecule has 292 valence electrons. The van der Waals surface area contributed by atoms with E-state index in [1.54, 1.807) is 66.7 Å². The van der Waals surface area contributed by atoms with Crippen molar-refractivity contribution in [3.8, 4) is 23.0 Å². The van der Waals surface area contributed by atoms with E-state index in [9.17, 15) is 28.8 Å². The Morgan fingerprint density at radius 1 is 0.636 bits per heavy atom. The number of hydrogen-bond donors (Lipinski definition) is 4. The molecular formula is C40H48N6O9. The SMILES string of the molecule is COc1ccc(C[C@H]2C(=O)N[C@@H](C)C(=O)N[C@H]3Cc4ccc(cc4)Oc4cc(ccc4OC)C[C@@H](C(=O)N[C@H](C)C(=O)N[C@@H](C)C(=O)N2C)N(C)C3=O)cc1. The van der Waals surface area contributed by atoms with Gasteiger partial charge in [-0.15, -0.1) is 0 Å². The lowest BCUT2D eigenvalue weighted by atomic mass is 9.99. The second kappa shape index (κ2) is 17.3. The molecule has 0 aliphatic carbocycles. The zero-order valence-electron chi connectivity index (χ0n) is 32.0. The Morgan fingerprint density at radius 3 is 1.87 bits per heavy atom. The predicted molar refractivity (Wildman–Crippen MR) is 201 cm³/mol. The number of nitrogens with zero attached hydrogens (tertiary/aromatic N) is 2. The van der Waals surface area contributed by atoms with Crippen LogP contribution in [0, 0.1) is 0 Å². The number of methoxy groups -OCH3 is 2. The van der Waals surface area contributed by atoms with Crippen molar-refractivity contribution < 1.29 is 43.0 Å². The van der Waals surface area contributed by atoms with E-state index < -0.39 is 71.7 Å². The van der Waals surface area contributed by atoms with Crippen molar-refractivity contribution in [1.29, 1.82) is 0 Å². The van der Waals surface area contributed by atoms with Gasteiger partial charge in [0.15, 0.2) is 11.5 Å². The maximum absolute atomic E-state index is 14.4. The summed E-state index contributed by atoms with van der Waals surface area (Å²) in [5.74, 6) is -1.79. The summed E-state index contributed by atoms with van der Waals surface area (Å²) in [4.78, 5) is 85.9. The Balaban J connectivity index is 1.54. The minimum atomic E-state index is -1.17. The number of nitrogens with one attached hydrogen (secondary N) is 4. The maximum atomic E-state index is 14.4. The van der Waals surface area contributed by atoms with E-state index in [-0.39, 0.29) is 19.3 Å². The van der Waals surface area contributed by atoms with Gasteiger partial charge in [0.25, 0.3) is 0 Å². The highest BCUT2D eigenvalue weighted by molar-refractivity contribution is 5.98. The summed E-state index contributed by atoms with van der Waals surface area (Å²) in [5.41, 5.74) is 2.00. The smallest absolute Gasteiger partial charge is 0.245 e. The molecule has 1 fully saturated rings.